The van der Waals surface area contributed by atoms with Gasteiger partial charge in [0.05, 0.1) is 30.1 Å². The predicted molar refractivity (Wildman–Crippen MR) is 197 cm³/mol. The summed E-state index contributed by atoms with van der Waals surface area (Å²) < 4.78 is 24.1. The maximum absolute atomic E-state index is 14.9. The van der Waals surface area contributed by atoms with Crippen molar-refractivity contribution in [3.63, 3.8) is 0 Å². The topological polar surface area (TPSA) is 215 Å². The molecule has 4 fully saturated rings. The molecule has 5 aliphatic rings. The molecule has 14 nitrogen and oxygen atoms in total. The highest BCUT2D eigenvalue weighted by molar-refractivity contribution is 7.99. The van der Waals surface area contributed by atoms with E-state index in [-0.39, 0.29) is 42.9 Å². The SMILES string of the molecule is CC(=O)O[C@@]12CO[C@@H]1C[C@H](O)[C@@]1(C)C(=O)[C@H](O)C3=C(C)[C@@H]4C[C@@](O)([C@@H](OC(=O)CCCSCCCCC(=O)NC(c5ccccc5)[C@@H](O)C(=O)O4)[C@H]21)C3(C)C. The van der Waals surface area contributed by atoms with Crippen molar-refractivity contribution < 1.29 is 63.3 Å². The molecule has 1 aromatic carbocycles. The van der Waals surface area contributed by atoms with Crippen molar-refractivity contribution in [2.75, 3.05) is 18.1 Å². The summed E-state index contributed by atoms with van der Waals surface area (Å²) >= 11 is 1.60. The van der Waals surface area contributed by atoms with Gasteiger partial charge in [0, 0.05) is 38.0 Å². The molecule has 0 aromatic heterocycles. The number of Topliss-reactive ketones (excluding diaryl/α,β-unsaturated/α-hetero) is 1. The fraction of sp³-hybridized carbons (Fsp3) is 0.675. The van der Waals surface area contributed by atoms with Crippen LogP contribution in [0, 0.1) is 16.7 Å². The van der Waals surface area contributed by atoms with Gasteiger partial charge < -0.3 is 44.7 Å². The lowest BCUT2D eigenvalue weighted by molar-refractivity contribution is -0.347. The Morgan fingerprint density at radius 1 is 0.964 bits per heavy atom. The molecule has 3 bridgehead atoms. The van der Waals surface area contributed by atoms with E-state index in [0.29, 0.717) is 36.3 Å². The number of aliphatic hydroxyl groups excluding tert-OH is 3. The lowest BCUT2D eigenvalue weighted by Crippen LogP contribution is -2.81. The Hall–Kier alpha value is -3.34. The summed E-state index contributed by atoms with van der Waals surface area (Å²) in [4.78, 5) is 68.7. The van der Waals surface area contributed by atoms with Crippen LogP contribution in [0.5, 0.6) is 0 Å². The first kappa shape index (κ1) is 41.3. The van der Waals surface area contributed by atoms with E-state index in [0.717, 1.165) is 0 Å². The number of ether oxygens (including phenoxy) is 4. The highest BCUT2D eigenvalue weighted by Crippen LogP contribution is 2.64. The molecule has 2 aliphatic heterocycles. The minimum absolute atomic E-state index is 0.00793. The summed E-state index contributed by atoms with van der Waals surface area (Å²) in [7, 11) is 0. The molecule has 1 amide bonds. The molecule has 11 atom stereocenters. The summed E-state index contributed by atoms with van der Waals surface area (Å²) in [5.74, 6) is -3.98. The Morgan fingerprint density at radius 3 is 2.31 bits per heavy atom. The number of amides is 1. The Bertz CT molecular complexity index is 1720. The quantitative estimate of drug-likeness (QED) is 0.165. The van der Waals surface area contributed by atoms with Crippen LogP contribution in [-0.4, -0.2) is 116 Å². The van der Waals surface area contributed by atoms with Crippen LogP contribution < -0.4 is 5.32 Å². The first-order valence-corrected chi connectivity index (χ1v) is 20.2. The van der Waals surface area contributed by atoms with E-state index in [1.54, 1.807) is 62.9 Å². The van der Waals surface area contributed by atoms with Gasteiger partial charge in [0.1, 0.15) is 30.0 Å². The van der Waals surface area contributed by atoms with Gasteiger partial charge in [-0.15, -0.1) is 0 Å². The number of aliphatic hydroxyl groups is 4. The van der Waals surface area contributed by atoms with E-state index >= 15 is 0 Å². The van der Waals surface area contributed by atoms with Gasteiger partial charge in [0.2, 0.25) is 5.91 Å². The zero-order valence-electron chi connectivity index (χ0n) is 31.9. The minimum atomic E-state index is -2.26. The lowest BCUT2D eigenvalue weighted by Gasteiger charge is -2.67. The van der Waals surface area contributed by atoms with Crippen LogP contribution in [0.1, 0.15) is 91.2 Å². The Kier molecular flexibility index (Phi) is 11.7. The molecular formula is C40H53NO13S. The molecule has 2 heterocycles. The number of esters is 3. The number of rotatable bonds is 2. The molecule has 2 saturated heterocycles. The number of fused-ring (bicyclic) bond motifs is 6. The number of carbonyl (C=O) groups is 5. The maximum Gasteiger partial charge on any atom is 0.338 e. The van der Waals surface area contributed by atoms with Crippen molar-refractivity contribution in [1.82, 2.24) is 5.32 Å². The second-order valence-electron chi connectivity index (χ2n) is 16.4. The smallest absolute Gasteiger partial charge is 0.338 e. The van der Waals surface area contributed by atoms with E-state index in [1.807, 2.05) is 0 Å². The van der Waals surface area contributed by atoms with Crippen molar-refractivity contribution in [2.45, 2.75) is 133 Å². The number of nitrogens with one attached hydrogen (secondary N) is 1. The first-order chi connectivity index (χ1) is 25.9. The van der Waals surface area contributed by atoms with E-state index in [9.17, 15) is 44.4 Å². The molecule has 1 unspecified atom stereocenters. The average molecular weight is 788 g/mol. The fourth-order valence-electron chi connectivity index (χ4n) is 9.72. The van der Waals surface area contributed by atoms with Gasteiger partial charge in [-0.3, -0.25) is 19.2 Å². The Morgan fingerprint density at radius 2 is 1.65 bits per heavy atom. The molecule has 5 N–H and O–H groups in total. The van der Waals surface area contributed by atoms with E-state index in [1.165, 1.54) is 13.8 Å². The zero-order chi connectivity index (χ0) is 40.1. The maximum atomic E-state index is 14.9. The molecule has 6 rings (SSSR count). The van der Waals surface area contributed by atoms with Gasteiger partial charge in [0.25, 0.3) is 0 Å². The highest BCUT2D eigenvalue weighted by atomic mass is 32.2. The van der Waals surface area contributed by atoms with Crippen LogP contribution in [0.25, 0.3) is 0 Å². The summed E-state index contributed by atoms with van der Waals surface area (Å²) in [6, 6.07) is 7.25. The molecule has 15 heteroatoms. The van der Waals surface area contributed by atoms with Gasteiger partial charge in [-0.2, -0.15) is 11.8 Å². The zero-order valence-corrected chi connectivity index (χ0v) is 32.8. The Balaban J connectivity index is 1.51. The van der Waals surface area contributed by atoms with Crippen LogP contribution in [0.15, 0.2) is 41.5 Å². The second-order valence-corrected chi connectivity index (χ2v) is 17.6. The van der Waals surface area contributed by atoms with E-state index in [4.69, 9.17) is 18.9 Å². The largest absolute Gasteiger partial charge is 0.459 e. The number of hydrogen-bond acceptors (Lipinski definition) is 14. The second kappa shape index (κ2) is 15.5. The van der Waals surface area contributed by atoms with Crippen molar-refractivity contribution in [2.24, 2.45) is 16.7 Å². The van der Waals surface area contributed by atoms with Crippen LogP contribution in [0.3, 0.4) is 0 Å². The van der Waals surface area contributed by atoms with E-state index < -0.39 is 101 Å². The summed E-state index contributed by atoms with van der Waals surface area (Å²) in [5, 5.41) is 51.6. The van der Waals surface area contributed by atoms with Gasteiger partial charge in [-0.1, -0.05) is 44.2 Å². The summed E-state index contributed by atoms with van der Waals surface area (Å²) in [6.45, 7) is 7.07. The van der Waals surface area contributed by atoms with Crippen molar-refractivity contribution >= 4 is 41.4 Å². The molecule has 2 saturated carbocycles. The molecule has 0 spiro atoms. The van der Waals surface area contributed by atoms with Gasteiger partial charge in [-0.25, -0.2) is 4.79 Å². The third-order valence-electron chi connectivity index (χ3n) is 12.8. The molecule has 0 radical (unpaired) electrons. The number of thioether (sulfide) groups is 1. The van der Waals surface area contributed by atoms with Crippen molar-refractivity contribution in [3.05, 3.63) is 47.0 Å². The van der Waals surface area contributed by atoms with Crippen LogP contribution in [-0.2, 0) is 42.9 Å². The summed E-state index contributed by atoms with van der Waals surface area (Å²) in [5.41, 5.74) is -6.77. The molecule has 302 valence electrons. The fourth-order valence-corrected chi connectivity index (χ4v) is 10.7. The Labute approximate surface area is 324 Å². The predicted octanol–water partition coefficient (Wildman–Crippen LogP) is 2.23. The van der Waals surface area contributed by atoms with Gasteiger partial charge >= 0.3 is 17.9 Å². The number of carbonyl (C=O) groups excluding carboxylic acids is 5. The summed E-state index contributed by atoms with van der Waals surface area (Å²) in [6.07, 6.45) is -8.22. The first-order valence-electron chi connectivity index (χ1n) is 19.1. The lowest BCUT2D eigenvalue weighted by atomic mass is 9.44. The third-order valence-corrected chi connectivity index (χ3v) is 14.0. The minimum Gasteiger partial charge on any atom is -0.459 e. The normalized spacial score (nSPS) is 40.2. The average Bonchev–Trinajstić information content (AvgIpc) is 3.12. The molecule has 3 aliphatic carbocycles. The number of benzene rings is 1. The van der Waals surface area contributed by atoms with E-state index in [2.05, 4.69) is 5.32 Å². The standard InChI is InChI=1S/C40H53NO13S/c1-21-24-19-40(50)35(33-38(5,34(48)31(46)29(21)37(40,3)4)25(43)18-26-39(33,20-51-26)54-22(2)42)53-28(45)15-11-17-55-16-10-9-14-27(44)41-30(32(47)36(49)52-24)23-12-7-6-8-13-23/h6-8,12-13,24-26,30-33,35,43,46-47,50H,9-11,14-20H2,1-5H3,(H,41,44)/t24-,25-,26+,30?,31+,32+,33-,35-,38+,39-,40+/m0/s1. The third kappa shape index (κ3) is 7.03. The van der Waals surface area contributed by atoms with Gasteiger partial charge in [0.15, 0.2) is 17.5 Å². The molecule has 55 heavy (non-hydrogen) atoms. The number of hydrogen-bond donors (Lipinski definition) is 5. The van der Waals surface area contributed by atoms with Crippen molar-refractivity contribution in [3.8, 4) is 0 Å². The highest BCUT2D eigenvalue weighted by Gasteiger charge is 2.78. The molecule has 1 aromatic rings. The van der Waals surface area contributed by atoms with Crippen LogP contribution in [0.2, 0.25) is 0 Å². The number of ketones is 1. The van der Waals surface area contributed by atoms with Crippen LogP contribution >= 0.6 is 11.8 Å². The van der Waals surface area contributed by atoms with Crippen molar-refractivity contribution in [1.29, 1.82) is 0 Å². The van der Waals surface area contributed by atoms with Gasteiger partial charge in [-0.05, 0) is 61.3 Å². The monoisotopic (exact) mass is 787 g/mol. The van der Waals surface area contributed by atoms with Crippen LogP contribution in [0.4, 0.5) is 0 Å². The molecular weight excluding hydrogens is 735 g/mol.